The molecular formula is C14H11BrF2IN. The molecule has 19 heavy (non-hydrogen) atoms. The second-order valence-electron chi connectivity index (χ2n) is 4.25. The van der Waals surface area contributed by atoms with Crippen molar-refractivity contribution in [1.29, 1.82) is 0 Å². The summed E-state index contributed by atoms with van der Waals surface area (Å²) in [5.74, 6) is -1.16. The first-order valence-electron chi connectivity index (χ1n) is 5.61. The zero-order chi connectivity index (χ0) is 14.0. The number of hydrogen-bond donors (Lipinski definition) is 1. The van der Waals surface area contributed by atoms with E-state index in [-0.39, 0.29) is 6.04 Å². The molecule has 0 aliphatic rings. The summed E-state index contributed by atoms with van der Waals surface area (Å²) in [4.78, 5) is 0. The molecule has 2 rings (SSSR count). The topological polar surface area (TPSA) is 26.0 Å². The Balaban J connectivity index is 2.25. The Hall–Kier alpha value is -0.530. The van der Waals surface area contributed by atoms with Gasteiger partial charge in [0.15, 0.2) is 0 Å². The number of rotatable bonds is 3. The van der Waals surface area contributed by atoms with Gasteiger partial charge in [0, 0.05) is 20.2 Å². The molecule has 1 nitrogen and oxygen atoms in total. The van der Waals surface area contributed by atoms with Crippen molar-refractivity contribution in [3.63, 3.8) is 0 Å². The summed E-state index contributed by atoms with van der Waals surface area (Å²) < 4.78 is 28.2. The minimum absolute atomic E-state index is 0.315. The predicted molar refractivity (Wildman–Crippen MR) is 83.8 cm³/mol. The number of hydrogen-bond acceptors (Lipinski definition) is 1. The van der Waals surface area contributed by atoms with Crippen LogP contribution in [-0.2, 0) is 6.42 Å². The van der Waals surface area contributed by atoms with Crippen molar-refractivity contribution in [2.24, 2.45) is 5.73 Å². The number of benzene rings is 2. The van der Waals surface area contributed by atoms with Crippen LogP contribution in [0.2, 0.25) is 0 Å². The second kappa shape index (κ2) is 6.28. The van der Waals surface area contributed by atoms with E-state index in [4.69, 9.17) is 5.73 Å². The van der Waals surface area contributed by atoms with E-state index in [0.29, 0.717) is 12.0 Å². The quantitative estimate of drug-likeness (QED) is 0.699. The van der Waals surface area contributed by atoms with Gasteiger partial charge in [-0.25, -0.2) is 8.78 Å². The standard InChI is InChI=1S/C14H11BrF2IN/c15-13-2-1-11(18)7-12(13)14(19)5-8-3-9(16)6-10(17)4-8/h1-4,6-7,14H,5,19H2. The van der Waals surface area contributed by atoms with Crippen molar-refractivity contribution in [3.05, 3.63) is 67.2 Å². The molecule has 0 aliphatic carbocycles. The molecule has 0 saturated carbocycles. The third-order valence-corrected chi connectivity index (χ3v) is 4.13. The van der Waals surface area contributed by atoms with Crippen molar-refractivity contribution in [2.75, 3.05) is 0 Å². The zero-order valence-corrected chi connectivity index (χ0v) is 13.6. The average Bonchev–Trinajstić information content (AvgIpc) is 2.30. The van der Waals surface area contributed by atoms with E-state index in [1.807, 2.05) is 18.2 Å². The molecule has 1 atom stereocenters. The van der Waals surface area contributed by atoms with Crippen LogP contribution < -0.4 is 5.73 Å². The molecule has 0 aromatic heterocycles. The Labute approximate surface area is 132 Å². The maximum Gasteiger partial charge on any atom is 0.126 e. The molecule has 100 valence electrons. The lowest BCUT2D eigenvalue weighted by atomic mass is 9.99. The van der Waals surface area contributed by atoms with Gasteiger partial charge in [0.1, 0.15) is 11.6 Å². The Kier molecular flexibility index (Phi) is 4.92. The number of nitrogens with two attached hydrogens (primary N) is 1. The molecule has 0 spiro atoms. The Bertz CT molecular complexity index is 584. The van der Waals surface area contributed by atoms with Crippen molar-refractivity contribution >= 4 is 38.5 Å². The van der Waals surface area contributed by atoms with Gasteiger partial charge in [0.2, 0.25) is 0 Å². The first kappa shape index (κ1) is 14.9. The minimum atomic E-state index is -0.580. The highest BCUT2D eigenvalue weighted by Crippen LogP contribution is 2.26. The molecule has 0 heterocycles. The van der Waals surface area contributed by atoms with Gasteiger partial charge in [0.05, 0.1) is 0 Å². The van der Waals surface area contributed by atoms with E-state index >= 15 is 0 Å². The molecule has 0 bridgehead atoms. The summed E-state index contributed by atoms with van der Waals surface area (Å²) in [6, 6.07) is 9.01. The lowest BCUT2D eigenvalue weighted by molar-refractivity contribution is 0.576. The van der Waals surface area contributed by atoms with Crippen LogP contribution in [0.15, 0.2) is 40.9 Å². The van der Waals surface area contributed by atoms with E-state index in [0.717, 1.165) is 19.7 Å². The maximum atomic E-state index is 13.1. The molecule has 0 amide bonds. The molecule has 2 aromatic carbocycles. The van der Waals surface area contributed by atoms with Crippen LogP contribution in [0.4, 0.5) is 8.78 Å². The first-order valence-corrected chi connectivity index (χ1v) is 7.48. The largest absolute Gasteiger partial charge is 0.324 e. The van der Waals surface area contributed by atoms with Gasteiger partial charge in [-0.05, 0) is 70.5 Å². The molecule has 0 radical (unpaired) electrons. The van der Waals surface area contributed by atoms with Crippen LogP contribution in [0.1, 0.15) is 17.2 Å². The van der Waals surface area contributed by atoms with Crippen molar-refractivity contribution in [1.82, 2.24) is 0 Å². The van der Waals surface area contributed by atoms with Crippen LogP contribution in [0.3, 0.4) is 0 Å². The summed E-state index contributed by atoms with van der Waals surface area (Å²) in [7, 11) is 0. The summed E-state index contributed by atoms with van der Waals surface area (Å²) in [5, 5.41) is 0. The van der Waals surface area contributed by atoms with E-state index in [9.17, 15) is 8.78 Å². The van der Waals surface area contributed by atoms with Crippen molar-refractivity contribution < 1.29 is 8.78 Å². The van der Waals surface area contributed by atoms with Crippen LogP contribution in [0.5, 0.6) is 0 Å². The van der Waals surface area contributed by atoms with Crippen LogP contribution in [0, 0.1) is 15.2 Å². The van der Waals surface area contributed by atoms with Gasteiger partial charge in [-0.3, -0.25) is 0 Å². The fourth-order valence-electron chi connectivity index (χ4n) is 1.89. The Morgan fingerprint density at radius 2 is 1.74 bits per heavy atom. The smallest absolute Gasteiger partial charge is 0.126 e. The fourth-order valence-corrected chi connectivity index (χ4v) is 2.95. The third-order valence-electron chi connectivity index (χ3n) is 2.74. The van der Waals surface area contributed by atoms with E-state index < -0.39 is 11.6 Å². The van der Waals surface area contributed by atoms with Gasteiger partial charge < -0.3 is 5.73 Å². The normalized spacial score (nSPS) is 12.5. The van der Waals surface area contributed by atoms with Crippen molar-refractivity contribution in [3.8, 4) is 0 Å². The molecule has 2 N–H and O–H groups in total. The van der Waals surface area contributed by atoms with Crippen LogP contribution >= 0.6 is 38.5 Å². The zero-order valence-electron chi connectivity index (χ0n) is 9.84. The summed E-state index contributed by atoms with van der Waals surface area (Å²) in [6.07, 6.45) is 0.382. The van der Waals surface area contributed by atoms with Gasteiger partial charge in [-0.2, -0.15) is 0 Å². The van der Waals surface area contributed by atoms with E-state index in [1.165, 1.54) is 12.1 Å². The van der Waals surface area contributed by atoms with Crippen LogP contribution in [-0.4, -0.2) is 0 Å². The van der Waals surface area contributed by atoms with Crippen LogP contribution in [0.25, 0.3) is 0 Å². The van der Waals surface area contributed by atoms with Gasteiger partial charge >= 0.3 is 0 Å². The second-order valence-corrected chi connectivity index (χ2v) is 6.35. The lowest BCUT2D eigenvalue weighted by Crippen LogP contribution is -2.14. The van der Waals surface area contributed by atoms with Gasteiger partial charge in [-0.15, -0.1) is 0 Å². The van der Waals surface area contributed by atoms with Crippen molar-refractivity contribution in [2.45, 2.75) is 12.5 Å². The average molecular weight is 438 g/mol. The third kappa shape index (κ3) is 3.97. The molecule has 1 unspecified atom stereocenters. The maximum absolute atomic E-state index is 13.1. The fraction of sp³-hybridized carbons (Fsp3) is 0.143. The predicted octanol–water partition coefficient (Wildman–Crippen LogP) is 4.57. The molecule has 0 saturated heterocycles. The molecular weight excluding hydrogens is 427 g/mol. The monoisotopic (exact) mass is 437 g/mol. The highest BCUT2D eigenvalue weighted by atomic mass is 127. The summed E-state index contributed by atoms with van der Waals surface area (Å²) in [6.45, 7) is 0. The Morgan fingerprint density at radius 1 is 1.11 bits per heavy atom. The summed E-state index contributed by atoms with van der Waals surface area (Å²) >= 11 is 5.64. The number of halogens is 4. The van der Waals surface area contributed by atoms with E-state index in [1.54, 1.807) is 0 Å². The van der Waals surface area contributed by atoms with Gasteiger partial charge in [0.25, 0.3) is 0 Å². The van der Waals surface area contributed by atoms with E-state index in [2.05, 4.69) is 38.5 Å². The highest BCUT2D eigenvalue weighted by Gasteiger charge is 2.12. The Morgan fingerprint density at radius 3 is 2.37 bits per heavy atom. The van der Waals surface area contributed by atoms with Gasteiger partial charge in [-0.1, -0.05) is 15.9 Å². The molecule has 0 aliphatic heterocycles. The first-order chi connectivity index (χ1) is 8.95. The lowest BCUT2D eigenvalue weighted by Gasteiger charge is -2.14. The molecule has 0 fully saturated rings. The summed E-state index contributed by atoms with van der Waals surface area (Å²) in [5.41, 5.74) is 7.60. The minimum Gasteiger partial charge on any atom is -0.324 e. The molecule has 2 aromatic rings. The highest BCUT2D eigenvalue weighted by molar-refractivity contribution is 14.1. The molecule has 5 heteroatoms. The SMILES string of the molecule is NC(Cc1cc(F)cc(F)c1)c1cc(I)ccc1Br.